The minimum Gasteiger partial charge on any atom is -0.0654 e. The zero-order chi connectivity index (χ0) is 8.60. The second kappa shape index (κ2) is 3.05. The van der Waals surface area contributed by atoms with Crippen molar-refractivity contribution in [1.82, 2.24) is 0 Å². The molecule has 2 aliphatic carbocycles. The highest BCUT2D eigenvalue weighted by atomic mass is 14.6. The summed E-state index contributed by atoms with van der Waals surface area (Å²) in [6.07, 6.45) is 10.6. The smallest absolute Gasteiger partial charge is 0.0294 e. The molecule has 2 rings (SSSR count). The maximum absolute atomic E-state index is 2.49. The van der Waals surface area contributed by atoms with Crippen molar-refractivity contribution in [2.45, 2.75) is 58.8 Å². The van der Waals surface area contributed by atoms with Crippen LogP contribution in [0.5, 0.6) is 0 Å². The average Bonchev–Trinajstić information content (AvgIpc) is 2.72. The van der Waals surface area contributed by atoms with E-state index < -0.39 is 0 Å². The van der Waals surface area contributed by atoms with Crippen LogP contribution >= 0.6 is 0 Å². The van der Waals surface area contributed by atoms with Crippen LogP contribution in [-0.4, -0.2) is 0 Å². The summed E-state index contributed by atoms with van der Waals surface area (Å²) in [6.45, 7) is 4.80. The lowest BCUT2D eigenvalue weighted by Crippen LogP contribution is -2.13. The fourth-order valence-electron chi connectivity index (χ4n) is 2.99. The van der Waals surface area contributed by atoms with E-state index in [1.165, 1.54) is 32.1 Å². The Hall–Kier alpha value is 0. The molecule has 0 amide bonds. The SMILES string of the molecule is CCCCC1CCC2(C)CC2C1. The van der Waals surface area contributed by atoms with Gasteiger partial charge in [-0.2, -0.15) is 0 Å². The highest BCUT2D eigenvalue weighted by molar-refractivity contribution is 5.02. The van der Waals surface area contributed by atoms with Crippen LogP contribution in [-0.2, 0) is 0 Å². The molecule has 0 heteroatoms. The van der Waals surface area contributed by atoms with Gasteiger partial charge in [-0.15, -0.1) is 0 Å². The first-order valence-electron chi connectivity index (χ1n) is 5.74. The Morgan fingerprint density at radius 2 is 2.25 bits per heavy atom. The Kier molecular flexibility index (Phi) is 2.18. The van der Waals surface area contributed by atoms with Crippen molar-refractivity contribution in [3.05, 3.63) is 0 Å². The Labute approximate surface area is 76.7 Å². The molecule has 0 heterocycles. The van der Waals surface area contributed by atoms with Crippen LogP contribution in [0.1, 0.15) is 58.8 Å². The minimum atomic E-state index is 0.822. The third-order valence-corrected chi connectivity index (χ3v) is 4.25. The van der Waals surface area contributed by atoms with Crippen LogP contribution in [0.3, 0.4) is 0 Å². The van der Waals surface area contributed by atoms with E-state index >= 15 is 0 Å². The van der Waals surface area contributed by atoms with E-state index in [0.29, 0.717) is 0 Å². The number of fused-ring (bicyclic) bond motifs is 1. The lowest BCUT2D eigenvalue weighted by molar-refractivity contribution is 0.263. The van der Waals surface area contributed by atoms with Crippen LogP contribution in [0.4, 0.5) is 0 Å². The minimum absolute atomic E-state index is 0.822. The van der Waals surface area contributed by atoms with Crippen LogP contribution < -0.4 is 0 Å². The van der Waals surface area contributed by atoms with E-state index in [9.17, 15) is 0 Å². The number of hydrogen-bond donors (Lipinski definition) is 0. The number of unbranched alkanes of at least 4 members (excludes halogenated alkanes) is 1. The lowest BCUT2D eigenvalue weighted by Gasteiger charge is -2.25. The van der Waals surface area contributed by atoms with Crippen molar-refractivity contribution in [2.75, 3.05) is 0 Å². The first-order valence-corrected chi connectivity index (χ1v) is 5.74. The van der Waals surface area contributed by atoms with E-state index in [-0.39, 0.29) is 0 Å². The molecule has 2 saturated carbocycles. The third-order valence-electron chi connectivity index (χ3n) is 4.25. The van der Waals surface area contributed by atoms with Gasteiger partial charge in [-0.05, 0) is 42.9 Å². The molecule has 0 nitrogen and oxygen atoms in total. The van der Waals surface area contributed by atoms with Gasteiger partial charge in [0.1, 0.15) is 0 Å². The largest absolute Gasteiger partial charge is 0.0654 e. The van der Waals surface area contributed by atoms with Crippen molar-refractivity contribution >= 4 is 0 Å². The van der Waals surface area contributed by atoms with E-state index in [4.69, 9.17) is 0 Å². The molecule has 2 aliphatic rings. The van der Waals surface area contributed by atoms with Crippen LogP contribution in [0.15, 0.2) is 0 Å². The molecule has 0 spiro atoms. The molecule has 3 atom stereocenters. The van der Waals surface area contributed by atoms with E-state index in [1.54, 1.807) is 12.8 Å². The van der Waals surface area contributed by atoms with Gasteiger partial charge >= 0.3 is 0 Å². The summed E-state index contributed by atoms with van der Waals surface area (Å²) >= 11 is 0. The number of hydrogen-bond acceptors (Lipinski definition) is 0. The molecular weight excluding hydrogens is 144 g/mol. The van der Waals surface area contributed by atoms with Gasteiger partial charge in [-0.1, -0.05) is 33.1 Å². The second-order valence-electron chi connectivity index (χ2n) is 5.34. The molecule has 12 heavy (non-hydrogen) atoms. The zero-order valence-corrected chi connectivity index (χ0v) is 8.60. The summed E-state index contributed by atoms with van der Waals surface area (Å²) in [4.78, 5) is 0. The maximum Gasteiger partial charge on any atom is -0.0294 e. The van der Waals surface area contributed by atoms with Gasteiger partial charge in [0.2, 0.25) is 0 Å². The highest BCUT2D eigenvalue weighted by Gasteiger charge is 2.52. The van der Waals surface area contributed by atoms with Gasteiger partial charge in [0.25, 0.3) is 0 Å². The van der Waals surface area contributed by atoms with Gasteiger partial charge < -0.3 is 0 Å². The summed E-state index contributed by atoms with van der Waals surface area (Å²) in [5, 5.41) is 0. The van der Waals surface area contributed by atoms with Crippen molar-refractivity contribution in [3.8, 4) is 0 Å². The van der Waals surface area contributed by atoms with Crippen molar-refractivity contribution < 1.29 is 0 Å². The highest BCUT2D eigenvalue weighted by Crippen LogP contribution is 2.62. The summed E-state index contributed by atoms with van der Waals surface area (Å²) < 4.78 is 0. The molecular formula is C12H22. The van der Waals surface area contributed by atoms with Crippen molar-refractivity contribution in [3.63, 3.8) is 0 Å². The molecule has 70 valence electrons. The fraction of sp³-hybridized carbons (Fsp3) is 1.00. The first-order chi connectivity index (χ1) is 5.74. The van der Waals surface area contributed by atoms with Crippen molar-refractivity contribution in [2.24, 2.45) is 17.3 Å². The third kappa shape index (κ3) is 1.53. The Balaban J connectivity index is 1.74. The van der Waals surface area contributed by atoms with Crippen molar-refractivity contribution in [1.29, 1.82) is 0 Å². The predicted molar refractivity (Wildman–Crippen MR) is 53.1 cm³/mol. The molecule has 2 fully saturated rings. The van der Waals surface area contributed by atoms with Crippen LogP contribution in [0, 0.1) is 17.3 Å². The Bertz CT molecular complexity index is 161. The summed E-state index contributed by atoms with van der Waals surface area (Å²) in [7, 11) is 0. The monoisotopic (exact) mass is 166 g/mol. The van der Waals surface area contributed by atoms with Gasteiger partial charge in [0, 0.05) is 0 Å². The van der Waals surface area contributed by atoms with E-state index in [2.05, 4.69) is 13.8 Å². The second-order valence-corrected chi connectivity index (χ2v) is 5.34. The zero-order valence-electron chi connectivity index (χ0n) is 8.60. The molecule has 0 N–H and O–H groups in total. The normalized spacial score (nSPS) is 45.5. The fourth-order valence-corrected chi connectivity index (χ4v) is 2.99. The summed E-state index contributed by atoms with van der Waals surface area (Å²) in [5.41, 5.74) is 0.822. The number of rotatable bonds is 3. The standard InChI is InChI=1S/C12H22/c1-3-4-5-10-6-7-12(2)9-11(12)8-10/h10-11H,3-9H2,1-2H3. The average molecular weight is 166 g/mol. The topological polar surface area (TPSA) is 0 Å². The molecule has 0 aliphatic heterocycles. The Morgan fingerprint density at radius 1 is 1.42 bits per heavy atom. The molecule has 3 unspecified atom stereocenters. The molecule has 0 aromatic carbocycles. The van der Waals surface area contributed by atoms with E-state index in [1.807, 2.05) is 0 Å². The maximum atomic E-state index is 2.49. The molecule has 0 radical (unpaired) electrons. The predicted octanol–water partition coefficient (Wildman–Crippen LogP) is 4.00. The van der Waals surface area contributed by atoms with Gasteiger partial charge in [0.15, 0.2) is 0 Å². The molecule has 0 aromatic rings. The summed E-state index contributed by atoms with van der Waals surface area (Å²) in [5.74, 6) is 2.23. The Morgan fingerprint density at radius 3 is 2.92 bits per heavy atom. The van der Waals surface area contributed by atoms with Gasteiger partial charge in [0.05, 0.1) is 0 Å². The van der Waals surface area contributed by atoms with Gasteiger partial charge in [-0.25, -0.2) is 0 Å². The lowest BCUT2D eigenvalue weighted by atomic mass is 9.80. The van der Waals surface area contributed by atoms with Crippen LogP contribution in [0.2, 0.25) is 0 Å². The quantitative estimate of drug-likeness (QED) is 0.594. The van der Waals surface area contributed by atoms with Gasteiger partial charge in [-0.3, -0.25) is 0 Å². The van der Waals surface area contributed by atoms with E-state index in [0.717, 1.165) is 17.3 Å². The summed E-state index contributed by atoms with van der Waals surface area (Å²) in [6, 6.07) is 0. The molecule has 0 bridgehead atoms. The first kappa shape index (κ1) is 8.59. The molecule has 0 aromatic heterocycles. The van der Waals surface area contributed by atoms with Crippen LogP contribution in [0.25, 0.3) is 0 Å². The molecule has 0 saturated heterocycles.